The van der Waals surface area contributed by atoms with Crippen LogP contribution < -0.4 is 10.6 Å². The van der Waals surface area contributed by atoms with E-state index in [1.54, 1.807) is 18.2 Å². The van der Waals surface area contributed by atoms with Crippen LogP contribution in [0.15, 0.2) is 36.4 Å². The molecule has 0 spiro atoms. The van der Waals surface area contributed by atoms with Crippen molar-refractivity contribution in [1.82, 2.24) is 5.32 Å². The number of aliphatic hydroxyl groups is 1. The molecule has 1 unspecified atom stereocenters. The Bertz CT molecular complexity index is 794. The van der Waals surface area contributed by atoms with Crippen LogP contribution in [0.25, 0.3) is 0 Å². The molecule has 0 saturated carbocycles. The van der Waals surface area contributed by atoms with Crippen LogP contribution in [0.3, 0.4) is 0 Å². The number of nitro groups is 1. The van der Waals surface area contributed by atoms with Crippen LogP contribution in [0.2, 0.25) is 10.0 Å². The van der Waals surface area contributed by atoms with Crippen LogP contribution >= 0.6 is 23.2 Å². The predicted octanol–water partition coefficient (Wildman–Crippen LogP) is 3.41. The van der Waals surface area contributed by atoms with Crippen LogP contribution in [0.4, 0.5) is 11.4 Å². The predicted molar refractivity (Wildman–Crippen MR) is 96.4 cm³/mol. The summed E-state index contributed by atoms with van der Waals surface area (Å²) in [6, 6.07) is 8.57. The lowest BCUT2D eigenvalue weighted by Crippen LogP contribution is -2.21. The normalized spacial score (nSPS) is 11.7. The van der Waals surface area contributed by atoms with E-state index in [4.69, 9.17) is 23.2 Å². The fraction of sp³-hybridized carbons (Fsp3) is 0.188. The number of hydrogen-bond acceptors (Lipinski definition) is 5. The molecule has 0 bridgehead atoms. The lowest BCUT2D eigenvalue weighted by molar-refractivity contribution is -0.384. The van der Waals surface area contributed by atoms with E-state index < -0.39 is 16.9 Å². The van der Waals surface area contributed by atoms with Crippen molar-refractivity contribution in [3.8, 4) is 0 Å². The molecule has 2 aromatic carbocycles. The zero-order chi connectivity index (χ0) is 18.6. The SMILES string of the molecule is CNC(=O)c1cc([N+](=O)[O-])ccc1NCC(O)c1cc(Cl)cc(Cl)c1. The number of nitrogens with zero attached hydrogens (tertiary/aromatic N) is 1. The quantitative estimate of drug-likeness (QED) is 0.523. The highest BCUT2D eigenvalue weighted by Gasteiger charge is 2.17. The molecule has 2 rings (SSSR count). The Hall–Kier alpha value is -2.35. The Morgan fingerprint density at radius 3 is 2.44 bits per heavy atom. The average Bonchev–Trinajstić information content (AvgIpc) is 2.57. The average molecular weight is 384 g/mol. The van der Waals surface area contributed by atoms with E-state index >= 15 is 0 Å². The van der Waals surface area contributed by atoms with Crippen molar-refractivity contribution in [3.63, 3.8) is 0 Å². The van der Waals surface area contributed by atoms with E-state index in [-0.39, 0.29) is 17.8 Å². The number of nitro benzene ring substituents is 1. The smallest absolute Gasteiger partial charge is 0.270 e. The lowest BCUT2D eigenvalue weighted by Gasteiger charge is -2.16. The number of nitrogens with one attached hydrogen (secondary N) is 2. The van der Waals surface area contributed by atoms with Crippen molar-refractivity contribution >= 4 is 40.5 Å². The molecule has 0 aliphatic rings. The number of amides is 1. The summed E-state index contributed by atoms with van der Waals surface area (Å²) < 4.78 is 0. The number of halogens is 2. The number of hydrogen-bond donors (Lipinski definition) is 3. The van der Waals surface area contributed by atoms with Gasteiger partial charge in [0, 0.05) is 41.5 Å². The van der Waals surface area contributed by atoms with Crippen molar-refractivity contribution < 1.29 is 14.8 Å². The molecule has 2 aromatic rings. The first-order valence-corrected chi connectivity index (χ1v) is 7.96. The van der Waals surface area contributed by atoms with Gasteiger partial charge in [-0.3, -0.25) is 14.9 Å². The molecule has 0 aliphatic carbocycles. The minimum Gasteiger partial charge on any atom is -0.387 e. The number of aliphatic hydroxyl groups excluding tert-OH is 1. The number of non-ortho nitro benzene ring substituents is 1. The first-order valence-electron chi connectivity index (χ1n) is 7.20. The monoisotopic (exact) mass is 383 g/mol. The van der Waals surface area contributed by atoms with E-state index in [0.717, 1.165) is 0 Å². The zero-order valence-electron chi connectivity index (χ0n) is 13.1. The number of carbonyl (C=O) groups excluding carboxylic acids is 1. The second-order valence-electron chi connectivity index (χ2n) is 5.17. The van der Waals surface area contributed by atoms with Crippen LogP contribution in [0, 0.1) is 10.1 Å². The lowest BCUT2D eigenvalue weighted by atomic mass is 10.1. The van der Waals surface area contributed by atoms with Gasteiger partial charge in [0.25, 0.3) is 11.6 Å². The van der Waals surface area contributed by atoms with Crippen molar-refractivity contribution in [3.05, 3.63) is 67.7 Å². The molecule has 0 aliphatic heterocycles. The Kier molecular flexibility index (Phi) is 6.19. The van der Waals surface area contributed by atoms with E-state index in [2.05, 4.69) is 10.6 Å². The van der Waals surface area contributed by atoms with Gasteiger partial charge in [-0.2, -0.15) is 0 Å². The van der Waals surface area contributed by atoms with Crippen molar-refractivity contribution in [1.29, 1.82) is 0 Å². The van der Waals surface area contributed by atoms with Crippen LogP contribution in [-0.4, -0.2) is 29.5 Å². The first-order chi connectivity index (χ1) is 11.8. The third kappa shape index (κ3) is 4.82. The summed E-state index contributed by atoms with van der Waals surface area (Å²) in [6.07, 6.45) is -0.941. The molecule has 0 aromatic heterocycles. The molecule has 3 N–H and O–H groups in total. The molecule has 0 fully saturated rings. The van der Waals surface area contributed by atoms with E-state index in [0.29, 0.717) is 21.3 Å². The second-order valence-corrected chi connectivity index (χ2v) is 6.04. The Labute approximate surface area is 153 Å². The maximum Gasteiger partial charge on any atom is 0.270 e. The molecule has 0 radical (unpaired) electrons. The molecule has 132 valence electrons. The van der Waals surface area contributed by atoms with Crippen molar-refractivity contribution in [2.75, 3.05) is 18.9 Å². The molecule has 1 atom stereocenters. The third-order valence-corrected chi connectivity index (χ3v) is 3.88. The highest BCUT2D eigenvalue weighted by molar-refractivity contribution is 6.34. The Morgan fingerprint density at radius 1 is 1.24 bits per heavy atom. The van der Waals surface area contributed by atoms with Gasteiger partial charge in [0.2, 0.25) is 0 Å². The highest BCUT2D eigenvalue weighted by Crippen LogP contribution is 2.26. The van der Waals surface area contributed by atoms with Gasteiger partial charge in [-0.25, -0.2) is 0 Å². The fourth-order valence-corrected chi connectivity index (χ4v) is 2.76. The van der Waals surface area contributed by atoms with E-state index in [1.807, 2.05) is 0 Å². The summed E-state index contributed by atoms with van der Waals surface area (Å²) in [7, 11) is 1.42. The number of rotatable bonds is 6. The number of benzene rings is 2. The molecule has 25 heavy (non-hydrogen) atoms. The van der Waals surface area contributed by atoms with Crippen molar-refractivity contribution in [2.24, 2.45) is 0 Å². The van der Waals surface area contributed by atoms with Gasteiger partial charge in [0.15, 0.2) is 0 Å². The largest absolute Gasteiger partial charge is 0.387 e. The van der Waals surface area contributed by atoms with Crippen molar-refractivity contribution in [2.45, 2.75) is 6.10 Å². The molecule has 1 amide bonds. The Balaban J connectivity index is 2.21. The van der Waals surface area contributed by atoms with E-state index in [1.165, 1.54) is 25.2 Å². The van der Waals surface area contributed by atoms with Crippen LogP contribution in [-0.2, 0) is 0 Å². The molecule has 7 nitrogen and oxygen atoms in total. The van der Waals surface area contributed by atoms with Gasteiger partial charge < -0.3 is 15.7 Å². The fourth-order valence-electron chi connectivity index (χ4n) is 2.21. The van der Waals surface area contributed by atoms with Gasteiger partial charge in [0.05, 0.1) is 16.6 Å². The summed E-state index contributed by atoms with van der Waals surface area (Å²) in [5, 5.41) is 27.3. The summed E-state index contributed by atoms with van der Waals surface area (Å²) in [5.41, 5.74) is 0.768. The summed E-state index contributed by atoms with van der Waals surface area (Å²) >= 11 is 11.8. The topological polar surface area (TPSA) is 104 Å². The minimum absolute atomic E-state index is 0.0540. The molecule has 0 saturated heterocycles. The molecular formula is C16H15Cl2N3O4. The van der Waals surface area contributed by atoms with Crippen LogP contribution in [0.5, 0.6) is 0 Å². The Morgan fingerprint density at radius 2 is 1.88 bits per heavy atom. The van der Waals surface area contributed by atoms with Gasteiger partial charge in [-0.05, 0) is 29.8 Å². The van der Waals surface area contributed by atoms with Gasteiger partial charge in [-0.15, -0.1) is 0 Å². The molecule has 0 heterocycles. The molecular weight excluding hydrogens is 369 g/mol. The maximum absolute atomic E-state index is 11.9. The van der Waals surface area contributed by atoms with Gasteiger partial charge in [-0.1, -0.05) is 23.2 Å². The van der Waals surface area contributed by atoms with Gasteiger partial charge in [0.1, 0.15) is 0 Å². The number of anilines is 1. The summed E-state index contributed by atoms with van der Waals surface area (Å²) in [4.78, 5) is 22.2. The second kappa shape index (κ2) is 8.15. The molecule has 9 heteroatoms. The van der Waals surface area contributed by atoms with Crippen LogP contribution in [0.1, 0.15) is 22.0 Å². The van der Waals surface area contributed by atoms with Gasteiger partial charge >= 0.3 is 0 Å². The standard InChI is InChI=1S/C16H15Cl2N3O4/c1-19-16(23)13-7-12(21(24)25)2-3-14(13)20-8-15(22)9-4-10(17)6-11(18)5-9/h2-7,15,20,22H,8H2,1H3,(H,19,23). The summed E-state index contributed by atoms with van der Waals surface area (Å²) in [6.45, 7) is 0.0540. The third-order valence-electron chi connectivity index (χ3n) is 3.44. The first kappa shape index (κ1) is 19.0. The zero-order valence-corrected chi connectivity index (χ0v) is 14.6. The maximum atomic E-state index is 11.9. The number of carbonyl (C=O) groups is 1. The minimum atomic E-state index is -0.941. The summed E-state index contributed by atoms with van der Waals surface area (Å²) in [5.74, 6) is -0.480. The highest BCUT2D eigenvalue weighted by atomic mass is 35.5. The van der Waals surface area contributed by atoms with E-state index in [9.17, 15) is 20.0 Å².